The molecule has 2 aromatic heterocycles. The predicted molar refractivity (Wildman–Crippen MR) is 56.4 cm³/mol. The minimum Gasteiger partial charge on any atom is -0.469 e. The number of hydrogen-bond acceptors (Lipinski definition) is 5. The molecule has 0 aliphatic heterocycles. The van der Waals surface area contributed by atoms with Gasteiger partial charge in [-0.15, -0.1) is 4.91 Å². The molecule has 2 rings (SSSR count). The Morgan fingerprint density at radius 1 is 1.56 bits per heavy atom. The Morgan fingerprint density at radius 2 is 2.38 bits per heavy atom. The fourth-order valence-electron chi connectivity index (χ4n) is 1.46. The first-order valence-electron chi connectivity index (χ1n) is 4.62. The number of pyridine rings is 1. The molecule has 0 aliphatic rings. The molecule has 2 aromatic rings. The van der Waals surface area contributed by atoms with Crippen LogP contribution in [0.4, 0.5) is 5.82 Å². The molecule has 6 nitrogen and oxygen atoms in total. The molecule has 0 N–H and O–H groups in total. The number of nitrogens with zero attached hydrogens (tertiary/aromatic N) is 3. The molecule has 6 heteroatoms. The lowest BCUT2D eigenvalue weighted by molar-refractivity contribution is -0.139. The highest BCUT2D eigenvalue weighted by Gasteiger charge is 2.15. The van der Waals surface area contributed by atoms with Gasteiger partial charge in [-0.25, -0.2) is 4.98 Å². The number of hydrogen-bond donors (Lipinski definition) is 0. The molecule has 82 valence electrons. The number of rotatable bonds is 3. The zero-order valence-corrected chi connectivity index (χ0v) is 8.58. The van der Waals surface area contributed by atoms with Gasteiger partial charge in [0.05, 0.1) is 13.5 Å². The van der Waals surface area contributed by atoms with E-state index >= 15 is 0 Å². The number of carbonyl (C=O) groups is 1. The highest BCUT2D eigenvalue weighted by molar-refractivity contribution is 5.74. The van der Waals surface area contributed by atoms with Crippen LogP contribution >= 0.6 is 0 Å². The van der Waals surface area contributed by atoms with Gasteiger partial charge in [0.2, 0.25) is 5.82 Å². The molecule has 0 bridgehead atoms. The van der Waals surface area contributed by atoms with Crippen LogP contribution in [0.2, 0.25) is 0 Å². The first kappa shape index (κ1) is 10.3. The summed E-state index contributed by atoms with van der Waals surface area (Å²) in [5.41, 5.74) is 0.907. The molecule has 0 aliphatic carbocycles. The monoisotopic (exact) mass is 219 g/mol. The third kappa shape index (κ3) is 1.65. The van der Waals surface area contributed by atoms with E-state index in [1.807, 2.05) is 0 Å². The molecule has 2 heterocycles. The third-order valence-electron chi connectivity index (χ3n) is 2.20. The smallest absolute Gasteiger partial charge is 0.311 e. The van der Waals surface area contributed by atoms with Crippen LogP contribution in [0.15, 0.2) is 29.6 Å². The van der Waals surface area contributed by atoms with Crippen LogP contribution in [0.25, 0.3) is 5.65 Å². The van der Waals surface area contributed by atoms with E-state index in [4.69, 9.17) is 0 Å². The summed E-state index contributed by atoms with van der Waals surface area (Å²) < 4.78 is 6.05. The van der Waals surface area contributed by atoms with E-state index in [0.29, 0.717) is 11.3 Å². The predicted octanol–water partition coefficient (Wildman–Crippen LogP) is 1.45. The van der Waals surface area contributed by atoms with Crippen molar-refractivity contribution in [3.05, 3.63) is 35.0 Å². The van der Waals surface area contributed by atoms with Crippen molar-refractivity contribution in [1.82, 2.24) is 9.38 Å². The molecule has 16 heavy (non-hydrogen) atoms. The van der Waals surface area contributed by atoms with Gasteiger partial charge in [0.25, 0.3) is 0 Å². The Labute approximate surface area is 90.8 Å². The molecular formula is C10H9N3O3. The van der Waals surface area contributed by atoms with E-state index in [0.717, 1.165) is 0 Å². The van der Waals surface area contributed by atoms with Crippen molar-refractivity contribution in [2.75, 3.05) is 7.11 Å². The van der Waals surface area contributed by atoms with Crippen LogP contribution in [0.5, 0.6) is 0 Å². The largest absolute Gasteiger partial charge is 0.469 e. The molecule has 0 spiro atoms. The summed E-state index contributed by atoms with van der Waals surface area (Å²) in [6.07, 6.45) is 1.61. The number of nitroso groups, excluding NO2 is 1. The van der Waals surface area contributed by atoms with Crippen LogP contribution in [-0.2, 0) is 16.0 Å². The summed E-state index contributed by atoms with van der Waals surface area (Å²) >= 11 is 0. The van der Waals surface area contributed by atoms with Gasteiger partial charge >= 0.3 is 5.97 Å². The number of esters is 1. The summed E-state index contributed by atoms with van der Waals surface area (Å²) in [5.74, 6) is -0.311. The van der Waals surface area contributed by atoms with Gasteiger partial charge < -0.3 is 4.74 Å². The first-order chi connectivity index (χ1) is 7.76. The third-order valence-corrected chi connectivity index (χ3v) is 2.20. The van der Waals surface area contributed by atoms with Gasteiger partial charge in [-0.05, 0) is 17.3 Å². The van der Waals surface area contributed by atoms with Gasteiger partial charge in [-0.2, -0.15) is 0 Å². The molecule has 0 amide bonds. The molecular weight excluding hydrogens is 210 g/mol. The maximum absolute atomic E-state index is 11.1. The summed E-state index contributed by atoms with van der Waals surface area (Å²) in [7, 11) is 1.28. The molecule has 0 aromatic carbocycles. The van der Waals surface area contributed by atoms with E-state index in [2.05, 4.69) is 14.9 Å². The lowest BCUT2D eigenvalue weighted by Gasteiger charge is -1.95. The number of aromatic nitrogens is 2. The van der Waals surface area contributed by atoms with Crippen molar-refractivity contribution in [2.24, 2.45) is 5.18 Å². The maximum Gasteiger partial charge on any atom is 0.311 e. The zero-order chi connectivity index (χ0) is 11.5. The Morgan fingerprint density at radius 3 is 3.06 bits per heavy atom. The second-order valence-corrected chi connectivity index (χ2v) is 3.16. The quantitative estimate of drug-likeness (QED) is 0.578. The number of ether oxygens (including phenoxy) is 1. The van der Waals surface area contributed by atoms with Crippen molar-refractivity contribution >= 4 is 17.4 Å². The van der Waals surface area contributed by atoms with E-state index in [9.17, 15) is 9.70 Å². The average molecular weight is 219 g/mol. The molecule has 0 saturated heterocycles. The second kappa shape index (κ2) is 4.09. The molecule has 0 atom stereocenters. The minimum atomic E-state index is -0.451. The molecule has 0 unspecified atom stereocenters. The number of carbonyl (C=O) groups excluding carboxylic acids is 1. The SMILES string of the molecule is COC(=O)Cc1nc2ccccn2c1N=O. The van der Waals surface area contributed by atoms with Gasteiger partial charge in [-0.1, -0.05) is 6.07 Å². The van der Waals surface area contributed by atoms with Crippen molar-refractivity contribution in [3.8, 4) is 0 Å². The van der Waals surface area contributed by atoms with Crippen molar-refractivity contribution in [1.29, 1.82) is 0 Å². The van der Waals surface area contributed by atoms with Gasteiger partial charge in [0.15, 0.2) is 0 Å². The van der Waals surface area contributed by atoms with E-state index in [1.165, 1.54) is 11.5 Å². The van der Waals surface area contributed by atoms with Gasteiger partial charge in [0, 0.05) is 6.20 Å². The fraction of sp³-hybridized carbons (Fsp3) is 0.200. The number of fused-ring (bicyclic) bond motifs is 1. The summed E-state index contributed by atoms with van der Waals surface area (Å²) in [5, 5.41) is 2.89. The van der Waals surface area contributed by atoms with Crippen LogP contribution in [-0.4, -0.2) is 22.5 Å². The Kier molecular flexibility index (Phi) is 2.63. The van der Waals surface area contributed by atoms with Gasteiger partial charge in [0.1, 0.15) is 11.3 Å². The lowest BCUT2D eigenvalue weighted by atomic mass is 10.3. The van der Waals surface area contributed by atoms with Gasteiger partial charge in [-0.3, -0.25) is 9.20 Å². The van der Waals surface area contributed by atoms with Crippen LogP contribution in [0.3, 0.4) is 0 Å². The number of imidazole rings is 1. The van der Waals surface area contributed by atoms with Crippen LogP contribution < -0.4 is 0 Å². The summed E-state index contributed by atoms with van der Waals surface area (Å²) in [6, 6.07) is 5.28. The summed E-state index contributed by atoms with van der Waals surface area (Å²) in [4.78, 5) is 26.0. The fourth-order valence-corrected chi connectivity index (χ4v) is 1.46. The first-order valence-corrected chi connectivity index (χ1v) is 4.62. The normalized spacial score (nSPS) is 10.3. The van der Waals surface area contributed by atoms with Crippen molar-refractivity contribution < 1.29 is 9.53 Å². The van der Waals surface area contributed by atoms with E-state index in [1.54, 1.807) is 24.4 Å². The number of methoxy groups -OCH3 is 1. The van der Waals surface area contributed by atoms with Crippen molar-refractivity contribution in [2.45, 2.75) is 6.42 Å². The zero-order valence-electron chi connectivity index (χ0n) is 8.58. The molecule has 0 saturated carbocycles. The van der Waals surface area contributed by atoms with E-state index in [-0.39, 0.29) is 12.2 Å². The Bertz CT molecular complexity index is 547. The molecule has 0 radical (unpaired) electrons. The maximum atomic E-state index is 11.1. The Hall–Kier alpha value is -2.24. The molecule has 0 fully saturated rings. The van der Waals surface area contributed by atoms with Crippen LogP contribution in [0, 0.1) is 4.91 Å². The highest BCUT2D eigenvalue weighted by Crippen LogP contribution is 2.21. The summed E-state index contributed by atoms with van der Waals surface area (Å²) in [6.45, 7) is 0. The Balaban J connectivity index is 2.52. The minimum absolute atomic E-state index is 0.0563. The lowest BCUT2D eigenvalue weighted by Crippen LogP contribution is -2.04. The average Bonchev–Trinajstić information content (AvgIpc) is 2.65. The van der Waals surface area contributed by atoms with Crippen molar-refractivity contribution in [3.63, 3.8) is 0 Å². The second-order valence-electron chi connectivity index (χ2n) is 3.16. The highest BCUT2D eigenvalue weighted by atomic mass is 16.5. The standard InChI is InChI=1S/C10H9N3O3/c1-16-9(14)6-7-10(12-15)13-5-3-2-4-8(13)11-7/h2-5H,6H2,1H3. The topological polar surface area (TPSA) is 73.0 Å². The van der Waals surface area contributed by atoms with Crippen LogP contribution in [0.1, 0.15) is 5.69 Å². The van der Waals surface area contributed by atoms with E-state index < -0.39 is 5.97 Å².